The molecule has 0 heterocycles. The van der Waals surface area contributed by atoms with E-state index in [4.69, 9.17) is 9.47 Å². The standard InChI is InChI=1S/C19H24INO2/c1-4-10-23-19-16(20)11-15(12-18(19)22-5-2)13-21-17-9-7-6-8-14(17)3/h6-9,11-12,21H,4-5,10,13H2,1-3H3. The van der Waals surface area contributed by atoms with Crippen LogP contribution in [0.15, 0.2) is 36.4 Å². The van der Waals surface area contributed by atoms with E-state index in [0.717, 1.165) is 33.7 Å². The molecule has 0 aliphatic heterocycles. The van der Waals surface area contributed by atoms with Gasteiger partial charge in [0.05, 0.1) is 16.8 Å². The van der Waals surface area contributed by atoms with Crippen molar-refractivity contribution in [2.75, 3.05) is 18.5 Å². The van der Waals surface area contributed by atoms with E-state index < -0.39 is 0 Å². The Morgan fingerprint density at radius 3 is 2.57 bits per heavy atom. The molecule has 0 saturated carbocycles. The summed E-state index contributed by atoms with van der Waals surface area (Å²) >= 11 is 2.32. The van der Waals surface area contributed by atoms with E-state index in [2.05, 4.69) is 72.1 Å². The van der Waals surface area contributed by atoms with Gasteiger partial charge >= 0.3 is 0 Å². The highest BCUT2D eigenvalue weighted by atomic mass is 127. The molecular formula is C19H24INO2. The molecule has 0 amide bonds. The third-order valence-corrected chi connectivity index (χ3v) is 4.25. The summed E-state index contributed by atoms with van der Waals surface area (Å²) in [7, 11) is 0. The molecule has 0 bridgehead atoms. The normalized spacial score (nSPS) is 10.4. The lowest BCUT2D eigenvalue weighted by atomic mass is 10.1. The summed E-state index contributed by atoms with van der Waals surface area (Å²) in [5.74, 6) is 1.68. The highest BCUT2D eigenvalue weighted by Gasteiger charge is 2.12. The van der Waals surface area contributed by atoms with Gasteiger partial charge in [0.15, 0.2) is 11.5 Å². The van der Waals surface area contributed by atoms with E-state index in [1.54, 1.807) is 0 Å². The van der Waals surface area contributed by atoms with Crippen LogP contribution in [0, 0.1) is 10.5 Å². The van der Waals surface area contributed by atoms with Gasteiger partial charge in [0.1, 0.15) is 0 Å². The number of anilines is 1. The summed E-state index contributed by atoms with van der Waals surface area (Å²) in [6, 6.07) is 12.5. The van der Waals surface area contributed by atoms with E-state index in [9.17, 15) is 0 Å². The molecule has 1 N–H and O–H groups in total. The first kappa shape index (κ1) is 17.9. The molecule has 0 aliphatic rings. The number of rotatable bonds is 8. The van der Waals surface area contributed by atoms with Crippen molar-refractivity contribution in [3.05, 3.63) is 51.1 Å². The summed E-state index contributed by atoms with van der Waals surface area (Å²) in [4.78, 5) is 0. The second-order valence-corrected chi connectivity index (χ2v) is 6.52. The smallest absolute Gasteiger partial charge is 0.174 e. The number of para-hydroxylation sites is 1. The van der Waals surface area contributed by atoms with Gasteiger partial charge in [-0.25, -0.2) is 0 Å². The molecule has 0 aliphatic carbocycles. The van der Waals surface area contributed by atoms with E-state index in [0.29, 0.717) is 13.2 Å². The van der Waals surface area contributed by atoms with E-state index in [1.165, 1.54) is 11.1 Å². The summed E-state index contributed by atoms with van der Waals surface area (Å²) in [5, 5.41) is 3.49. The van der Waals surface area contributed by atoms with Gasteiger partial charge in [-0.3, -0.25) is 0 Å². The van der Waals surface area contributed by atoms with Crippen molar-refractivity contribution in [1.82, 2.24) is 0 Å². The van der Waals surface area contributed by atoms with Gasteiger partial charge in [-0.15, -0.1) is 0 Å². The Balaban J connectivity index is 2.17. The van der Waals surface area contributed by atoms with Crippen LogP contribution in [-0.4, -0.2) is 13.2 Å². The molecular weight excluding hydrogens is 401 g/mol. The molecule has 4 heteroatoms. The van der Waals surface area contributed by atoms with Crippen LogP contribution in [0.4, 0.5) is 5.69 Å². The van der Waals surface area contributed by atoms with Crippen molar-refractivity contribution in [3.8, 4) is 11.5 Å². The lowest BCUT2D eigenvalue weighted by Crippen LogP contribution is -2.05. The van der Waals surface area contributed by atoms with Crippen molar-refractivity contribution in [1.29, 1.82) is 0 Å². The average Bonchev–Trinajstić information content (AvgIpc) is 2.54. The number of hydrogen-bond donors (Lipinski definition) is 1. The van der Waals surface area contributed by atoms with Gasteiger partial charge < -0.3 is 14.8 Å². The number of ether oxygens (including phenoxy) is 2. The molecule has 0 radical (unpaired) electrons. The largest absolute Gasteiger partial charge is 0.490 e. The topological polar surface area (TPSA) is 30.5 Å². The fourth-order valence-corrected chi connectivity index (χ4v) is 3.12. The zero-order chi connectivity index (χ0) is 16.7. The number of halogens is 1. The lowest BCUT2D eigenvalue weighted by Gasteiger charge is -2.16. The molecule has 0 aromatic heterocycles. The van der Waals surface area contributed by atoms with Crippen molar-refractivity contribution in [2.45, 2.75) is 33.7 Å². The minimum Gasteiger partial charge on any atom is -0.490 e. The fourth-order valence-electron chi connectivity index (χ4n) is 2.30. The van der Waals surface area contributed by atoms with Crippen LogP contribution in [0.5, 0.6) is 11.5 Å². The van der Waals surface area contributed by atoms with E-state index in [-0.39, 0.29) is 0 Å². The van der Waals surface area contributed by atoms with Crippen LogP contribution in [0.2, 0.25) is 0 Å². The maximum absolute atomic E-state index is 5.85. The number of nitrogens with one attached hydrogen (secondary N) is 1. The van der Waals surface area contributed by atoms with Crippen LogP contribution in [0.25, 0.3) is 0 Å². The van der Waals surface area contributed by atoms with Crippen LogP contribution in [0.3, 0.4) is 0 Å². The Hall–Kier alpha value is -1.43. The molecule has 0 atom stereocenters. The lowest BCUT2D eigenvalue weighted by molar-refractivity contribution is 0.275. The van der Waals surface area contributed by atoms with Crippen LogP contribution in [0.1, 0.15) is 31.4 Å². The number of benzene rings is 2. The van der Waals surface area contributed by atoms with Crippen molar-refractivity contribution >= 4 is 28.3 Å². The Bertz CT molecular complexity index is 643. The quantitative estimate of drug-likeness (QED) is 0.575. The number of aryl methyl sites for hydroxylation is 1. The summed E-state index contributed by atoms with van der Waals surface area (Å²) in [6.07, 6.45) is 0.984. The molecule has 2 aromatic rings. The first-order chi connectivity index (χ1) is 11.2. The predicted octanol–water partition coefficient (Wildman–Crippen LogP) is 5.40. The third kappa shape index (κ3) is 5.03. The van der Waals surface area contributed by atoms with Gasteiger partial charge in [-0.2, -0.15) is 0 Å². The Morgan fingerprint density at radius 1 is 1.09 bits per heavy atom. The highest BCUT2D eigenvalue weighted by molar-refractivity contribution is 14.1. The average molecular weight is 425 g/mol. The van der Waals surface area contributed by atoms with Crippen LogP contribution >= 0.6 is 22.6 Å². The maximum Gasteiger partial charge on any atom is 0.174 e. The molecule has 0 spiro atoms. The van der Waals surface area contributed by atoms with Crippen LogP contribution in [-0.2, 0) is 6.54 Å². The van der Waals surface area contributed by atoms with Gasteiger partial charge in [0, 0.05) is 12.2 Å². The highest BCUT2D eigenvalue weighted by Crippen LogP contribution is 2.34. The Morgan fingerprint density at radius 2 is 1.87 bits per heavy atom. The van der Waals surface area contributed by atoms with Gasteiger partial charge in [-0.05, 0) is 72.2 Å². The van der Waals surface area contributed by atoms with Gasteiger partial charge in [0.2, 0.25) is 0 Å². The molecule has 2 rings (SSSR count). The maximum atomic E-state index is 5.85. The summed E-state index contributed by atoms with van der Waals surface area (Å²) < 4.78 is 12.7. The predicted molar refractivity (Wildman–Crippen MR) is 105 cm³/mol. The minimum absolute atomic E-state index is 0.632. The zero-order valence-electron chi connectivity index (χ0n) is 14.0. The Labute approximate surface area is 152 Å². The molecule has 0 saturated heterocycles. The second-order valence-electron chi connectivity index (χ2n) is 5.35. The molecule has 23 heavy (non-hydrogen) atoms. The number of hydrogen-bond acceptors (Lipinski definition) is 3. The molecule has 124 valence electrons. The SMILES string of the molecule is CCCOc1c(I)cc(CNc2ccccc2C)cc1OCC. The van der Waals surface area contributed by atoms with Crippen molar-refractivity contribution in [2.24, 2.45) is 0 Å². The van der Waals surface area contributed by atoms with Crippen LogP contribution < -0.4 is 14.8 Å². The minimum atomic E-state index is 0.632. The van der Waals surface area contributed by atoms with E-state index >= 15 is 0 Å². The van der Waals surface area contributed by atoms with Gasteiger partial charge in [0.25, 0.3) is 0 Å². The molecule has 2 aromatic carbocycles. The third-order valence-electron chi connectivity index (χ3n) is 3.45. The monoisotopic (exact) mass is 425 g/mol. The van der Waals surface area contributed by atoms with Crippen molar-refractivity contribution < 1.29 is 9.47 Å². The van der Waals surface area contributed by atoms with E-state index in [1.807, 2.05) is 13.0 Å². The second kappa shape index (κ2) is 9.01. The Kier molecular flexibility index (Phi) is 7.02. The van der Waals surface area contributed by atoms with Crippen molar-refractivity contribution in [3.63, 3.8) is 0 Å². The first-order valence-electron chi connectivity index (χ1n) is 8.03. The fraction of sp³-hybridized carbons (Fsp3) is 0.368. The van der Waals surface area contributed by atoms with Gasteiger partial charge in [-0.1, -0.05) is 25.1 Å². The summed E-state index contributed by atoms with van der Waals surface area (Å²) in [6.45, 7) is 8.31. The molecule has 0 fully saturated rings. The molecule has 3 nitrogen and oxygen atoms in total. The first-order valence-corrected chi connectivity index (χ1v) is 9.11. The molecule has 0 unspecified atom stereocenters. The summed E-state index contributed by atoms with van der Waals surface area (Å²) in [5.41, 5.74) is 3.59. The zero-order valence-corrected chi connectivity index (χ0v) is 16.1.